The van der Waals surface area contributed by atoms with E-state index < -0.39 is 12.2 Å². The smallest absolute Gasteiger partial charge is 0.305 e. The molecule has 4 nitrogen and oxygen atoms in total. The largest absolute Gasteiger partial charge is 0.469 e. The molecule has 0 saturated carbocycles. The third-order valence-corrected chi connectivity index (χ3v) is 3.48. The van der Waals surface area contributed by atoms with E-state index in [9.17, 15) is 15.0 Å². The first-order valence-corrected chi connectivity index (χ1v) is 9.02. The van der Waals surface area contributed by atoms with Crippen LogP contribution in [0.4, 0.5) is 0 Å². The maximum Gasteiger partial charge on any atom is 0.305 e. The van der Waals surface area contributed by atoms with Crippen LogP contribution in [0, 0.1) is 11.8 Å². The molecule has 0 amide bonds. The molecule has 2 atom stereocenters. The standard InChI is InChI=1S/C21H32O4/c1-3-4-5-6-7-10-14-19(22)15-11-8-9-12-16-20(23)17-13-18-21(24)25-2/h7-11,15,19-20,22-23H,3-6,13-14,17-18H2,1-2H3/b9-8+,10-7-,15-11+/i11+1,12+1,15+1,16+1. The number of unbranched alkanes of at least 4 members (excludes halogenated alkanes) is 3. The highest BCUT2D eigenvalue weighted by atomic mass is 16.5. The molecule has 140 valence electrons. The molecule has 0 aliphatic rings. The van der Waals surface area contributed by atoms with E-state index in [1.807, 2.05) is 6.08 Å². The van der Waals surface area contributed by atoms with E-state index in [0.29, 0.717) is 25.7 Å². The molecule has 0 heterocycles. The number of allylic oxidation sites excluding steroid dienone is 4. The minimum absolute atomic E-state index is 0.278. The molecule has 0 radical (unpaired) electrons. The Morgan fingerprint density at radius 1 is 1.16 bits per heavy atom. The molecule has 2 N–H and O–H groups in total. The highest BCUT2D eigenvalue weighted by Gasteiger charge is 2.03. The molecule has 0 bridgehead atoms. The number of esters is 1. The molecule has 0 aliphatic heterocycles. The van der Waals surface area contributed by atoms with Gasteiger partial charge in [-0.2, -0.15) is 0 Å². The van der Waals surface area contributed by atoms with Gasteiger partial charge in [0.1, 0.15) is 6.10 Å². The zero-order chi connectivity index (χ0) is 18.8. The van der Waals surface area contributed by atoms with E-state index in [0.717, 1.165) is 6.42 Å². The van der Waals surface area contributed by atoms with Crippen molar-refractivity contribution < 1.29 is 19.7 Å². The third-order valence-electron chi connectivity index (χ3n) is 3.48. The van der Waals surface area contributed by atoms with Crippen molar-refractivity contribution in [1.82, 2.24) is 0 Å². The molecule has 2 unspecified atom stereocenters. The summed E-state index contributed by atoms with van der Waals surface area (Å²) in [6.45, 7) is 2.18. The monoisotopic (exact) mass is 352 g/mol. The Morgan fingerprint density at radius 3 is 2.68 bits per heavy atom. The van der Waals surface area contributed by atoms with Gasteiger partial charge in [-0.1, -0.05) is 62.0 Å². The van der Waals surface area contributed by atoms with Gasteiger partial charge in [-0.05, 0) is 38.2 Å². The maximum absolute atomic E-state index is 10.9. The Hall–Kier alpha value is -1.83. The fourth-order valence-electron chi connectivity index (χ4n) is 2.00. The molecule has 25 heavy (non-hydrogen) atoms. The molecule has 0 aromatic heterocycles. The Bertz CT molecular complexity index is 480. The third kappa shape index (κ3) is 16.8. The van der Waals surface area contributed by atoms with Gasteiger partial charge in [-0.15, -0.1) is 0 Å². The Balaban J connectivity index is 3.88. The summed E-state index contributed by atoms with van der Waals surface area (Å²) in [5.41, 5.74) is 0. The number of methoxy groups -OCH3 is 1. The van der Waals surface area contributed by atoms with Gasteiger partial charge >= 0.3 is 5.97 Å². The fourth-order valence-corrected chi connectivity index (χ4v) is 2.00. The first-order valence-electron chi connectivity index (χ1n) is 9.02. The molecule has 0 aromatic rings. The van der Waals surface area contributed by atoms with E-state index in [1.54, 1.807) is 24.3 Å². The van der Waals surface area contributed by atoms with Gasteiger partial charge < -0.3 is 14.9 Å². The van der Waals surface area contributed by atoms with Crippen molar-refractivity contribution in [2.75, 3.05) is 7.11 Å². The van der Waals surface area contributed by atoms with Crippen LogP contribution in [0.2, 0.25) is 0 Å². The van der Waals surface area contributed by atoms with Gasteiger partial charge in [-0.3, -0.25) is 4.79 Å². The summed E-state index contributed by atoms with van der Waals surface area (Å²) in [4.78, 5) is 10.9. The second-order valence-electron chi connectivity index (χ2n) is 5.79. The van der Waals surface area contributed by atoms with Gasteiger partial charge in [0.05, 0.1) is 13.2 Å². The maximum atomic E-state index is 10.9. The summed E-state index contributed by atoms with van der Waals surface area (Å²) in [5.74, 6) is 5.14. The Labute approximate surface area is 152 Å². The minimum Gasteiger partial charge on any atom is -0.469 e. The SMILES string of the molecule is CCCCC/C=C\CC(O)/[13CH]=[13CH]/C=C/[13C]#[13C]C(O)CCCC(=O)OC. The van der Waals surface area contributed by atoms with Crippen LogP contribution in [0.5, 0.6) is 0 Å². The van der Waals surface area contributed by atoms with Crippen molar-refractivity contribution in [2.45, 2.75) is 70.5 Å². The second-order valence-corrected chi connectivity index (χ2v) is 5.79. The second kappa shape index (κ2) is 17.0. The predicted molar refractivity (Wildman–Crippen MR) is 102 cm³/mol. The summed E-state index contributed by atoms with van der Waals surface area (Å²) in [7, 11) is 1.34. The lowest BCUT2D eigenvalue weighted by Gasteiger charge is -2.01. The van der Waals surface area contributed by atoms with Gasteiger partial charge in [0, 0.05) is 6.42 Å². The Kier molecular flexibility index (Phi) is 15.8. The molecule has 0 rings (SSSR count). The van der Waals surface area contributed by atoms with Crippen molar-refractivity contribution in [2.24, 2.45) is 0 Å². The van der Waals surface area contributed by atoms with Crippen LogP contribution in [-0.2, 0) is 9.53 Å². The number of carbonyl (C=O) groups is 1. The number of aliphatic hydroxyl groups is 2. The van der Waals surface area contributed by atoms with Gasteiger partial charge in [0.2, 0.25) is 0 Å². The first kappa shape index (κ1) is 23.2. The molecule has 0 spiro atoms. The molecule has 0 saturated heterocycles. The molecule has 0 fully saturated rings. The molecule has 0 aliphatic carbocycles. The molecule has 0 aromatic carbocycles. The summed E-state index contributed by atoms with van der Waals surface area (Å²) in [6.07, 6.45) is 16.3. The van der Waals surface area contributed by atoms with Crippen molar-refractivity contribution in [1.29, 1.82) is 0 Å². The highest BCUT2D eigenvalue weighted by Crippen LogP contribution is 2.02. The number of ether oxygens (including phenoxy) is 1. The normalized spacial score (nSPS) is 13.9. The number of carbonyl (C=O) groups excluding carboxylic acids is 1. The lowest BCUT2D eigenvalue weighted by molar-refractivity contribution is -0.140. The number of hydrogen-bond donors (Lipinski definition) is 2. The lowest BCUT2D eigenvalue weighted by Crippen LogP contribution is -2.05. The minimum atomic E-state index is -0.748. The summed E-state index contributed by atoms with van der Waals surface area (Å²) < 4.78 is 4.52. The van der Waals surface area contributed by atoms with Crippen molar-refractivity contribution in [3.63, 3.8) is 0 Å². The molecular formula is C21H32O4. The van der Waals surface area contributed by atoms with E-state index in [4.69, 9.17) is 0 Å². The van der Waals surface area contributed by atoms with E-state index in [2.05, 4.69) is 29.6 Å². The zero-order valence-corrected chi connectivity index (χ0v) is 15.5. The Morgan fingerprint density at radius 2 is 1.96 bits per heavy atom. The number of hydrogen-bond acceptors (Lipinski definition) is 4. The highest BCUT2D eigenvalue weighted by molar-refractivity contribution is 5.68. The van der Waals surface area contributed by atoms with Gasteiger partial charge in [0.15, 0.2) is 0 Å². The van der Waals surface area contributed by atoms with Crippen LogP contribution >= 0.6 is 0 Å². The number of rotatable bonds is 12. The van der Waals surface area contributed by atoms with Crippen molar-refractivity contribution in [3.8, 4) is 11.8 Å². The van der Waals surface area contributed by atoms with E-state index >= 15 is 0 Å². The lowest BCUT2D eigenvalue weighted by atomic mass is 10.2. The van der Waals surface area contributed by atoms with Crippen molar-refractivity contribution in [3.05, 3.63) is 36.5 Å². The van der Waals surface area contributed by atoms with Crippen LogP contribution < -0.4 is 0 Å². The number of aliphatic hydroxyl groups excluding tert-OH is 2. The van der Waals surface area contributed by atoms with E-state index in [1.165, 1.54) is 26.4 Å². The quantitative estimate of drug-likeness (QED) is 0.140. The summed E-state index contributed by atoms with van der Waals surface area (Å²) in [5, 5.41) is 19.4. The molecular weight excluding hydrogens is 320 g/mol. The van der Waals surface area contributed by atoms with Crippen LogP contribution in [0.3, 0.4) is 0 Å². The molecule has 4 heteroatoms. The zero-order valence-electron chi connectivity index (χ0n) is 15.5. The van der Waals surface area contributed by atoms with Crippen LogP contribution in [0.1, 0.15) is 58.3 Å². The van der Waals surface area contributed by atoms with Crippen molar-refractivity contribution >= 4 is 5.97 Å². The van der Waals surface area contributed by atoms with Gasteiger partial charge in [-0.25, -0.2) is 0 Å². The average molecular weight is 352 g/mol. The predicted octanol–water partition coefficient (Wildman–Crippen LogP) is 3.69. The van der Waals surface area contributed by atoms with Gasteiger partial charge in [0.25, 0.3) is 0 Å². The summed E-state index contributed by atoms with van der Waals surface area (Å²) in [6, 6.07) is 0. The summed E-state index contributed by atoms with van der Waals surface area (Å²) >= 11 is 0. The van der Waals surface area contributed by atoms with Crippen LogP contribution in [0.15, 0.2) is 36.5 Å². The average Bonchev–Trinajstić information content (AvgIpc) is 2.60. The van der Waals surface area contributed by atoms with Crippen LogP contribution in [-0.4, -0.2) is 35.5 Å². The topological polar surface area (TPSA) is 66.8 Å². The van der Waals surface area contributed by atoms with Crippen LogP contribution in [0.25, 0.3) is 0 Å². The fraction of sp³-hybridized carbons (Fsp3) is 0.571. The van der Waals surface area contributed by atoms with E-state index in [-0.39, 0.29) is 5.97 Å². The first-order chi connectivity index (χ1) is 12.1.